The fourth-order valence-electron chi connectivity index (χ4n) is 1.11. The Bertz CT molecular complexity index is 295. The lowest BCUT2D eigenvalue weighted by Gasteiger charge is -2.03. The first-order valence-electron chi connectivity index (χ1n) is 4.73. The van der Waals surface area contributed by atoms with Gasteiger partial charge in [0.2, 0.25) is 5.91 Å². The first kappa shape index (κ1) is 11.2. The van der Waals surface area contributed by atoms with Crippen LogP contribution in [0.4, 0.5) is 0 Å². The summed E-state index contributed by atoms with van der Waals surface area (Å²) in [5.41, 5.74) is 1.04. The molecule has 0 saturated heterocycles. The lowest BCUT2D eigenvalue weighted by molar-refractivity contribution is -0.120. The van der Waals surface area contributed by atoms with E-state index in [9.17, 15) is 4.79 Å². The van der Waals surface area contributed by atoms with Gasteiger partial charge in [-0.2, -0.15) is 0 Å². The van der Waals surface area contributed by atoms with E-state index in [0.29, 0.717) is 6.42 Å². The summed E-state index contributed by atoms with van der Waals surface area (Å²) in [4.78, 5) is 11.3. The van der Waals surface area contributed by atoms with Gasteiger partial charge in [0.05, 0.1) is 6.42 Å². The largest absolute Gasteiger partial charge is 0.356 e. The molecule has 0 bridgehead atoms. The van der Waals surface area contributed by atoms with E-state index in [1.807, 2.05) is 31.2 Å². The van der Waals surface area contributed by atoms with Gasteiger partial charge in [0.25, 0.3) is 0 Å². The van der Waals surface area contributed by atoms with Crippen LogP contribution in [0.1, 0.15) is 18.9 Å². The zero-order chi connectivity index (χ0) is 10.4. The van der Waals surface area contributed by atoms with E-state index in [0.717, 1.165) is 23.0 Å². The molecule has 1 amide bonds. The molecule has 0 unspecified atom stereocenters. The predicted molar refractivity (Wildman–Crippen MR) is 61.1 cm³/mol. The number of carbonyl (C=O) groups excluding carboxylic acids is 1. The third-order valence-electron chi connectivity index (χ3n) is 1.85. The van der Waals surface area contributed by atoms with Gasteiger partial charge in [-0.15, -0.1) is 0 Å². The molecule has 76 valence electrons. The van der Waals surface area contributed by atoms with Crippen LogP contribution in [0.15, 0.2) is 28.7 Å². The molecule has 0 saturated carbocycles. The lowest BCUT2D eigenvalue weighted by atomic mass is 10.1. The van der Waals surface area contributed by atoms with Gasteiger partial charge in [0, 0.05) is 11.0 Å². The molecule has 0 atom stereocenters. The van der Waals surface area contributed by atoms with Gasteiger partial charge >= 0.3 is 0 Å². The van der Waals surface area contributed by atoms with E-state index in [1.165, 1.54) is 0 Å². The number of benzene rings is 1. The number of hydrogen-bond acceptors (Lipinski definition) is 1. The number of rotatable bonds is 4. The van der Waals surface area contributed by atoms with Gasteiger partial charge in [-0.1, -0.05) is 35.0 Å². The first-order chi connectivity index (χ1) is 6.72. The van der Waals surface area contributed by atoms with Crippen LogP contribution in [0.5, 0.6) is 0 Å². The van der Waals surface area contributed by atoms with Gasteiger partial charge in [0.15, 0.2) is 0 Å². The van der Waals surface area contributed by atoms with Crippen LogP contribution in [0.25, 0.3) is 0 Å². The first-order valence-corrected chi connectivity index (χ1v) is 5.53. The van der Waals surface area contributed by atoms with Crippen LogP contribution in [-0.4, -0.2) is 12.5 Å². The van der Waals surface area contributed by atoms with Crippen LogP contribution in [0.2, 0.25) is 0 Å². The highest BCUT2D eigenvalue weighted by molar-refractivity contribution is 9.10. The predicted octanol–water partition coefficient (Wildman–Crippen LogP) is 2.52. The summed E-state index contributed by atoms with van der Waals surface area (Å²) >= 11 is 3.35. The molecule has 0 spiro atoms. The maximum Gasteiger partial charge on any atom is 0.224 e. The van der Waals surface area contributed by atoms with Gasteiger partial charge in [0.1, 0.15) is 0 Å². The minimum Gasteiger partial charge on any atom is -0.356 e. The third-order valence-corrected chi connectivity index (χ3v) is 2.38. The zero-order valence-corrected chi connectivity index (χ0v) is 9.80. The Morgan fingerprint density at radius 3 is 2.57 bits per heavy atom. The summed E-state index contributed by atoms with van der Waals surface area (Å²) in [6, 6.07) is 7.80. The molecule has 1 aromatic carbocycles. The zero-order valence-electron chi connectivity index (χ0n) is 8.22. The molecule has 0 fully saturated rings. The van der Waals surface area contributed by atoms with Gasteiger partial charge < -0.3 is 5.32 Å². The number of hydrogen-bond donors (Lipinski definition) is 1. The Morgan fingerprint density at radius 2 is 2.00 bits per heavy atom. The molecule has 1 rings (SSSR count). The summed E-state index contributed by atoms with van der Waals surface area (Å²) in [5.74, 6) is 0.0918. The third kappa shape index (κ3) is 3.92. The van der Waals surface area contributed by atoms with Crippen molar-refractivity contribution in [1.82, 2.24) is 5.32 Å². The second kappa shape index (κ2) is 5.81. The van der Waals surface area contributed by atoms with Crippen LogP contribution in [-0.2, 0) is 11.2 Å². The van der Waals surface area contributed by atoms with Crippen molar-refractivity contribution in [2.24, 2.45) is 0 Å². The van der Waals surface area contributed by atoms with Crippen molar-refractivity contribution in [2.45, 2.75) is 19.8 Å². The van der Waals surface area contributed by atoms with Gasteiger partial charge in [-0.05, 0) is 24.1 Å². The number of halogens is 1. The Labute approximate surface area is 92.8 Å². The van der Waals surface area contributed by atoms with E-state index in [2.05, 4.69) is 21.2 Å². The van der Waals surface area contributed by atoms with Crippen molar-refractivity contribution in [3.8, 4) is 0 Å². The molecule has 0 aliphatic heterocycles. The van der Waals surface area contributed by atoms with Crippen molar-refractivity contribution < 1.29 is 4.79 Å². The van der Waals surface area contributed by atoms with Crippen LogP contribution in [0.3, 0.4) is 0 Å². The van der Waals surface area contributed by atoms with Crippen molar-refractivity contribution in [3.05, 3.63) is 34.3 Å². The normalized spacial score (nSPS) is 9.86. The van der Waals surface area contributed by atoms with Gasteiger partial charge in [-0.3, -0.25) is 4.79 Å². The summed E-state index contributed by atoms with van der Waals surface area (Å²) in [7, 11) is 0. The summed E-state index contributed by atoms with van der Waals surface area (Å²) in [6.07, 6.45) is 1.44. The molecule has 0 aromatic heterocycles. The lowest BCUT2D eigenvalue weighted by Crippen LogP contribution is -2.25. The average molecular weight is 256 g/mol. The molecule has 14 heavy (non-hydrogen) atoms. The van der Waals surface area contributed by atoms with Crippen LogP contribution < -0.4 is 5.32 Å². The topological polar surface area (TPSA) is 29.1 Å². The molecule has 2 nitrogen and oxygen atoms in total. The Hall–Kier alpha value is -0.830. The van der Waals surface area contributed by atoms with E-state index >= 15 is 0 Å². The second-order valence-electron chi connectivity index (χ2n) is 3.15. The standard InChI is InChI=1S/C11H14BrNO/c1-2-7-13-11(14)8-9-3-5-10(12)6-4-9/h3-6H,2,7-8H2,1H3,(H,13,14). The van der Waals surface area contributed by atoms with Crippen LogP contribution in [0, 0.1) is 0 Å². The number of nitrogens with one attached hydrogen (secondary N) is 1. The smallest absolute Gasteiger partial charge is 0.224 e. The average Bonchev–Trinajstić information content (AvgIpc) is 2.18. The van der Waals surface area contributed by atoms with E-state index < -0.39 is 0 Å². The SMILES string of the molecule is CCCNC(=O)Cc1ccc(Br)cc1. The Kier molecular flexibility index (Phi) is 4.66. The van der Waals surface area contributed by atoms with Gasteiger partial charge in [-0.25, -0.2) is 0 Å². The maximum atomic E-state index is 11.3. The van der Waals surface area contributed by atoms with E-state index in [4.69, 9.17) is 0 Å². The fraction of sp³-hybridized carbons (Fsp3) is 0.364. The van der Waals surface area contributed by atoms with Crippen molar-refractivity contribution in [2.75, 3.05) is 6.54 Å². The highest BCUT2D eigenvalue weighted by Crippen LogP contribution is 2.10. The second-order valence-corrected chi connectivity index (χ2v) is 4.07. The molecule has 1 N–H and O–H groups in total. The summed E-state index contributed by atoms with van der Waals surface area (Å²) in [6.45, 7) is 2.80. The van der Waals surface area contributed by atoms with Crippen molar-refractivity contribution in [3.63, 3.8) is 0 Å². The minimum absolute atomic E-state index is 0.0918. The molecular weight excluding hydrogens is 242 g/mol. The monoisotopic (exact) mass is 255 g/mol. The van der Waals surface area contributed by atoms with E-state index in [1.54, 1.807) is 0 Å². The van der Waals surface area contributed by atoms with Crippen molar-refractivity contribution in [1.29, 1.82) is 0 Å². The maximum absolute atomic E-state index is 11.3. The highest BCUT2D eigenvalue weighted by Gasteiger charge is 2.01. The quantitative estimate of drug-likeness (QED) is 0.881. The summed E-state index contributed by atoms with van der Waals surface area (Å²) in [5, 5.41) is 2.84. The highest BCUT2D eigenvalue weighted by atomic mass is 79.9. The Balaban J connectivity index is 2.44. The fourth-order valence-corrected chi connectivity index (χ4v) is 1.38. The molecule has 0 aliphatic carbocycles. The molecule has 0 heterocycles. The Morgan fingerprint density at radius 1 is 1.36 bits per heavy atom. The van der Waals surface area contributed by atoms with E-state index in [-0.39, 0.29) is 5.91 Å². The number of amides is 1. The minimum atomic E-state index is 0.0918. The molecule has 0 radical (unpaired) electrons. The van der Waals surface area contributed by atoms with Crippen molar-refractivity contribution >= 4 is 21.8 Å². The molecule has 1 aromatic rings. The molecular formula is C11H14BrNO. The summed E-state index contributed by atoms with van der Waals surface area (Å²) < 4.78 is 1.04. The molecule has 3 heteroatoms. The molecule has 0 aliphatic rings. The van der Waals surface area contributed by atoms with Crippen LogP contribution >= 0.6 is 15.9 Å². The number of carbonyl (C=O) groups is 1.